The van der Waals surface area contributed by atoms with Gasteiger partial charge in [0.1, 0.15) is 0 Å². The van der Waals surface area contributed by atoms with Gasteiger partial charge in [-0.25, -0.2) is 0 Å². The number of hydrogen-bond donors (Lipinski definition) is 0. The third-order valence-electron chi connectivity index (χ3n) is 3.94. The maximum absolute atomic E-state index is 9.44. The molecule has 3 atom stereocenters. The summed E-state index contributed by atoms with van der Waals surface area (Å²) in [6.07, 6.45) is 5.77. The largest absolute Gasteiger partial charge is 0.373 e. The average Bonchev–Trinajstić information content (AvgIpc) is 3.02. The van der Waals surface area contributed by atoms with E-state index in [0.717, 1.165) is 32.1 Å². The Labute approximate surface area is 99.9 Å². The Hall–Kier alpha value is -0.850. The molecule has 3 heterocycles. The molecule has 3 unspecified atom stereocenters. The number of ether oxygens (including phenoxy) is 1. The van der Waals surface area contributed by atoms with Crippen molar-refractivity contribution in [3.8, 4) is 6.07 Å². The van der Waals surface area contributed by atoms with Crippen molar-refractivity contribution in [2.75, 3.05) is 0 Å². The fraction of sp³-hybridized carbons (Fsp3) is 0.615. The zero-order chi connectivity index (χ0) is 11.0. The summed E-state index contributed by atoms with van der Waals surface area (Å²) in [6.45, 7) is 0. The van der Waals surface area contributed by atoms with Gasteiger partial charge in [-0.05, 0) is 43.6 Å². The monoisotopic (exact) mass is 233 g/mol. The Balaban J connectivity index is 1.70. The first-order chi connectivity index (χ1) is 7.82. The van der Waals surface area contributed by atoms with E-state index < -0.39 is 0 Å². The van der Waals surface area contributed by atoms with E-state index in [-0.39, 0.29) is 11.5 Å². The molecule has 1 aromatic heterocycles. The van der Waals surface area contributed by atoms with Gasteiger partial charge in [-0.15, -0.1) is 11.3 Å². The molecular formula is C13H15NOS. The maximum Gasteiger partial charge on any atom is 0.0863 e. The molecule has 0 aliphatic carbocycles. The van der Waals surface area contributed by atoms with Crippen LogP contribution in [0.5, 0.6) is 0 Å². The predicted molar refractivity (Wildman–Crippen MR) is 63.2 cm³/mol. The molecular weight excluding hydrogens is 218 g/mol. The van der Waals surface area contributed by atoms with E-state index >= 15 is 0 Å². The smallest absolute Gasteiger partial charge is 0.0863 e. The van der Waals surface area contributed by atoms with Crippen molar-refractivity contribution < 1.29 is 4.74 Å². The Morgan fingerprint density at radius 1 is 1.56 bits per heavy atom. The van der Waals surface area contributed by atoms with E-state index in [1.807, 2.05) is 0 Å². The number of nitriles is 1. The van der Waals surface area contributed by atoms with Crippen molar-refractivity contribution in [2.45, 2.75) is 44.3 Å². The number of aryl methyl sites for hydroxylation is 1. The molecule has 0 aromatic carbocycles. The van der Waals surface area contributed by atoms with Gasteiger partial charge in [-0.3, -0.25) is 0 Å². The summed E-state index contributed by atoms with van der Waals surface area (Å²) in [7, 11) is 0. The van der Waals surface area contributed by atoms with Gasteiger partial charge in [-0.1, -0.05) is 6.07 Å². The summed E-state index contributed by atoms with van der Waals surface area (Å²) in [5.74, 6) is 0. The molecule has 84 valence electrons. The fourth-order valence-electron chi connectivity index (χ4n) is 3.04. The van der Waals surface area contributed by atoms with Crippen molar-refractivity contribution in [1.29, 1.82) is 5.26 Å². The van der Waals surface area contributed by atoms with E-state index in [9.17, 15) is 5.26 Å². The van der Waals surface area contributed by atoms with E-state index in [1.54, 1.807) is 11.3 Å². The molecule has 0 spiro atoms. The van der Waals surface area contributed by atoms with Crippen LogP contribution in [-0.4, -0.2) is 12.2 Å². The Morgan fingerprint density at radius 2 is 2.50 bits per heavy atom. The van der Waals surface area contributed by atoms with Crippen molar-refractivity contribution in [1.82, 2.24) is 0 Å². The molecule has 16 heavy (non-hydrogen) atoms. The van der Waals surface area contributed by atoms with Gasteiger partial charge in [0.05, 0.1) is 23.7 Å². The van der Waals surface area contributed by atoms with Crippen LogP contribution < -0.4 is 0 Å². The average molecular weight is 233 g/mol. The molecule has 0 amide bonds. The maximum atomic E-state index is 9.44. The van der Waals surface area contributed by atoms with Crippen LogP contribution in [0.25, 0.3) is 0 Å². The number of hydrogen-bond acceptors (Lipinski definition) is 3. The SMILES string of the molecule is N#CC1(CCc2cccs2)CC2CCC1O2. The van der Waals surface area contributed by atoms with Crippen LogP contribution >= 0.6 is 11.3 Å². The van der Waals surface area contributed by atoms with Crippen molar-refractivity contribution >= 4 is 11.3 Å². The second-order valence-corrected chi connectivity index (χ2v) is 5.91. The van der Waals surface area contributed by atoms with Crippen molar-refractivity contribution in [3.63, 3.8) is 0 Å². The zero-order valence-corrected chi connectivity index (χ0v) is 10.0. The molecule has 0 radical (unpaired) electrons. The Morgan fingerprint density at radius 3 is 3.06 bits per heavy atom. The molecule has 3 rings (SSSR count). The van der Waals surface area contributed by atoms with E-state index in [0.29, 0.717) is 6.10 Å². The molecule has 2 fully saturated rings. The van der Waals surface area contributed by atoms with Crippen molar-refractivity contribution in [2.24, 2.45) is 5.41 Å². The van der Waals surface area contributed by atoms with E-state index in [4.69, 9.17) is 4.74 Å². The Bertz CT molecular complexity index is 408. The third-order valence-corrected chi connectivity index (χ3v) is 4.87. The second-order valence-electron chi connectivity index (χ2n) is 4.88. The minimum Gasteiger partial charge on any atom is -0.373 e. The van der Waals surface area contributed by atoms with Gasteiger partial charge < -0.3 is 4.74 Å². The van der Waals surface area contributed by atoms with Gasteiger partial charge in [0, 0.05) is 4.88 Å². The van der Waals surface area contributed by atoms with Crippen LogP contribution in [0, 0.1) is 16.7 Å². The molecule has 2 saturated heterocycles. The van der Waals surface area contributed by atoms with Crippen LogP contribution in [-0.2, 0) is 11.2 Å². The number of thiophene rings is 1. The topological polar surface area (TPSA) is 33.0 Å². The summed E-state index contributed by atoms with van der Waals surface area (Å²) in [5, 5.41) is 11.5. The lowest BCUT2D eigenvalue weighted by molar-refractivity contribution is 0.0765. The second kappa shape index (κ2) is 3.87. The first-order valence-electron chi connectivity index (χ1n) is 5.91. The quantitative estimate of drug-likeness (QED) is 0.803. The highest BCUT2D eigenvalue weighted by Gasteiger charge is 2.52. The summed E-state index contributed by atoms with van der Waals surface area (Å²) >= 11 is 1.79. The lowest BCUT2D eigenvalue weighted by Gasteiger charge is -2.27. The van der Waals surface area contributed by atoms with E-state index in [1.165, 1.54) is 4.88 Å². The molecule has 0 saturated carbocycles. The van der Waals surface area contributed by atoms with Crippen LogP contribution in [0.3, 0.4) is 0 Å². The molecule has 2 aliphatic heterocycles. The third kappa shape index (κ3) is 1.57. The van der Waals surface area contributed by atoms with Gasteiger partial charge >= 0.3 is 0 Å². The summed E-state index contributed by atoms with van der Waals surface area (Å²) in [6, 6.07) is 6.79. The zero-order valence-electron chi connectivity index (χ0n) is 9.19. The van der Waals surface area contributed by atoms with Crippen LogP contribution in [0.15, 0.2) is 17.5 Å². The Kier molecular flexibility index (Phi) is 2.49. The first kappa shape index (κ1) is 10.3. The summed E-state index contributed by atoms with van der Waals surface area (Å²) in [4.78, 5) is 1.39. The molecule has 1 aromatic rings. The first-order valence-corrected chi connectivity index (χ1v) is 6.79. The standard InChI is InChI=1S/C13H15NOS/c14-9-13(6-5-11-2-1-7-16-11)8-10-3-4-12(13)15-10/h1-2,7,10,12H,3-6,8H2. The van der Waals surface area contributed by atoms with E-state index in [2.05, 4.69) is 23.6 Å². The molecule has 2 bridgehead atoms. The molecule has 3 heteroatoms. The fourth-order valence-corrected chi connectivity index (χ4v) is 3.75. The van der Waals surface area contributed by atoms with Crippen LogP contribution in [0.2, 0.25) is 0 Å². The summed E-state index contributed by atoms with van der Waals surface area (Å²) < 4.78 is 5.83. The molecule has 2 nitrogen and oxygen atoms in total. The number of nitrogens with zero attached hydrogens (tertiary/aromatic N) is 1. The molecule has 2 aliphatic rings. The van der Waals surface area contributed by atoms with Gasteiger partial charge in [-0.2, -0.15) is 5.26 Å². The van der Waals surface area contributed by atoms with Crippen molar-refractivity contribution in [3.05, 3.63) is 22.4 Å². The highest BCUT2D eigenvalue weighted by molar-refractivity contribution is 7.09. The highest BCUT2D eigenvalue weighted by atomic mass is 32.1. The predicted octanol–water partition coefficient (Wildman–Crippen LogP) is 3.14. The summed E-state index contributed by atoms with van der Waals surface area (Å²) in [5.41, 5.74) is -0.188. The minimum atomic E-state index is -0.188. The number of fused-ring (bicyclic) bond motifs is 2. The van der Waals surface area contributed by atoms with Gasteiger partial charge in [0.2, 0.25) is 0 Å². The normalized spacial score (nSPS) is 36.4. The molecule has 0 N–H and O–H groups in total. The lowest BCUT2D eigenvalue weighted by atomic mass is 9.72. The lowest BCUT2D eigenvalue weighted by Crippen LogP contribution is -2.31. The van der Waals surface area contributed by atoms with Crippen LogP contribution in [0.4, 0.5) is 0 Å². The minimum absolute atomic E-state index is 0.188. The highest BCUT2D eigenvalue weighted by Crippen LogP contribution is 2.49. The van der Waals surface area contributed by atoms with Gasteiger partial charge in [0.15, 0.2) is 0 Å². The number of rotatable bonds is 3. The van der Waals surface area contributed by atoms with Gasteiger partial charge in [0.25, 0.3) is 0 Å². The van der Waals surface area contributed by atoms with Crippen LogP contribution in [0.1, 0.15) is 30.6 Å².